The van der Waals surface area contributed by atoms with Crippen molar-refractivity contribution in [2.24, 2.45) is 0 Å². The summed E-state index contributed by atoms with van der Waals surface area (Å²) in [6.07, 6.45) is 0. The van der Waals surface area contributed by atoms with Crippen LogP contribution in [-0.4, -0.2) is 40.1 Å². The number of nitrogens with zero attached hydrogens (tertiary/aromatic N) is 4. The maximum Gasteiger partial charge on any atom is 0.248 e. The summed E-state index contributed by atoms with van der Waals surface area (Å²) in [6, 6.07) is 0. The van der Waals surface area contributed by atoms with Crippen LogP contribution < -0.4 is 0 Å². The van der Waals surface area contributed by atoms with Crippen LogP contribution in [0.15, 0.2) is 9.42 Å². The molecule has 0 aromatic carbocycles. The first kappa shape index (κ1) is 13.7. The van der Waals surface area contributed by atoms with Crippen LogP contribution in [0.25, 0.3) is 0 Å². The number of aryl methyl sites for hydroxylation is 3. The molecular formula is C10H15N5O3S. The number of sulfonamides is 1. The molecule has 0 spiro atoms. The molecule has 0 bridgehead atoms. The number of hydrogen-bond acceptors (Lipinski definition) is 6. The highest BCUT2D eigenvalue weighted by Crippen LogP contribution is 2.22. The molecule has 19 heavy (non-hydrogen) atoms. The number of aromatic nitrogens is 4. The first-order chi connectivity index (χ1) is 8.82. The van der Waals surface area contributed by atoms with Crippen molar-refractivity contribution in [3.05, 3.63) is 23.1 Å². The Balaban J connectivity index is 2.30. The monoisotopic (exact) mass is 285 g/mol. The fraction of sp³-hybridized carbons (Fsp3) is 0.500. The Morgan fingerprint density at radius 2 is 2.00 bits per heavy atom. The second kappa shape index (κ2) is 4.74. The number of aromatic amines is 1. The van der Waals surface area contributed by atoms with Crippen molar-refractivity contribution in [3.8, 4) is 0 Å². The van der Waals surface area contributed by atoms with E-state index < -0.39 is 10.0 Å². The molecule has 0 amide bonds. The lowest BCUT2D eigenvalue weighted by atomic mass is 10.4. The normalized spacial score (nSPS) is 12.3. The number of rotatable bonds is 4. The van der Waals surface area contributed by atoms with Crippen LogP contribution >= 0.6 is 0 Å². The predicted molar refractivity (Wildman–Crippen MR) is 65.7 cm³/mol. The number of nitrogens with one attached hydrogen (secondary N) is 1. The maximum atomic E-state index is 12.4. The van der Waals surface area contributed by atoms with Gasteiger partial charge in [-0.3, -0.25) is 5.10 Å². The molecule has 9 heteroatoms. The van der Waals surface area contributed by atoms with E-state index in [1.165, 1.54) is 11.4 Å². The molecule has 0 aliphatic carbocycles. The van der Waals surface area contributed by atoms with E-state index in [1.807, 2.05) is 0 Å². The molecule has 0 aliphatic heterocycles. The Morgan fingerprint density at radius 1 is 1.32 bits per heavy atom. The molecule has 2 rings (SSSR count). The lowest BCUT2D eigenvalue weighted by molar-refractivity contribution is 0.389. The molecule has 0 unspecified atom stereocenters. The van der Waals surface area contributed by atoms with E-state index in [2.05, 4.69) is 20.3 Å². The average molecular weight is 285 g/mol. The van der Waals surface area contributed by atoms with Crippen molar-refractivity contribution in [2.45, 2.75) is 32.2 Å². The smallest absolute Gasteiger partial charge is 0.248 e. The molecule has 2 aromatic rings. The van der Waals surface area contributed by atoms with Gasteiger partial charge in [-0.2, -0.15) is 9.40 Å². The molecule has 0 aliphatic rings. The molecule has 0 saturated carbocycles. The Kier molecular flexibility index (Phi) is 3.42. The van der Waals surface area contributed by atoms with Crippen molar-refractivity contribution >= 4 is 10.0 Å². The largest absolute Gasteiger partial charge is 0.360 e. The zero-order valence-corrected chi connectivity index (χ0v) is 11.9. The van der Waals surface area contributed by atoms with Crippen molar-refractivity contribution in [1.29, 1.82) is 0 Å². The van der Waals surface area contributed by atoms with E-state index in [-0.39, 0.29) is 17.2 Å². The van der Waals surface area contributed by atoms with Gasteiger partial charge in [0.15, 0.2) is 11.6 Å². The van der Waals surface area contributed by atoms with Gasteiger partial charge in [-0.15, -0.1) is 0 Å². The van der Waals surface area contributed by atoms with E-state index >= 15 is 0 Å². The highest BCUT2D eigenvalue weighted by atomic mass is 32.2. The van der Waals surface area contributed by atoms with Crippen molar-refractivity contribution in [2.75, 3.05) is 7.05 Å². The highest BCUT2D eigenvalue weighted by molar-refractivity contribution is 7.89. The minimum Gasteiger partial charge on any atom is -0.360 e. The second-order valence-corrected chi connectivity index (χ2v) is 6.23. The Labute approximate surface area is 110 Å². The summed E-state index contributed by atoms with van der Waals surface area (Å²) < 4.78 is 30.9. The van der Waals surface area contributed by atoms with Gasteiger partial charge >= 0.3 is 0 Å². The maximum absolute atomic E-state index is 12.4. The Hall–Kier alpha value is -1.74. The van der Waals surface area contributed by atoms with E-state index in [4.69, 9.17) is 4.52 Å². The molecule has 104 valence electrons. The standard InChI is InChI=1S/C10H15N5O3S/c1-6-10(7(2)18-14-6)19(16,17)15(4)5-9-11-8(3)12-13-9/h5H2,1-4H3,(H,11,12,13). The lowest BCUT2D eigenvalue weighted by Crippen LogP contribution is -2.27. The minimum atomic E-state index is -3.66. The van der Waals surface area contributed by atoms with Gasteiger partial charge in [-0.1, -0.05) is 5.16 Å². The van der Waals surface area contributed by atoms with Crippen LogP contribution in [-0.2, 0) is 16.6 Å². The first-order valence-electron chi connectivity index (χ1n) is 5.59. The van der Waals surface area contributed by atoms with Gasteiger partial charge in [0.2, 0.25) is 10.0 Å². The van der Waals surface area contributed by atoms with Gasteiger partial charge in [0.05, 0.1) is 6.54 Å². The summed E-state index contributed by atoms with van der Waals surface area (Å²) in [5.41, 5.74) is 0.343. The number of hydrogen-bond donors (Lipinski definition) is 1. The molecule has 0 fully saturated rings. The average Bonchev–Trinajstić information content (AvgIpc) is 2.85. The summed E-state index contributed by atoms with van der Waals surface area (Å²) in [5, 5.41) is 10.2. The third kappa shape index (κ3) is 2.51. The summed E-state index contributed by atoms with van der Waals surface area (Å²) in [5.74, 6) is 1.32. The molecule has 1 N–H and O–H groups in total. The molecule has 8 nitrogen and oxygen atoms in total. The van der Waals surface area contributed by atoms with Gasteiger partial charge in [0.25, 0.3) is 0 Å². The first-order valence-corrected chi connectivity index (χ1v) is 7.03. The summed E-state index contributed by atoms with van der Waals surface area (Å²) in [7, 11) is -2.20. The van der Waals surface area contributed by atoms with Gasteiger partial charge < -0.3 is 4.52 Å². The zero-order chi connectivity index (χ0) is 14.2. The van der Waals surface area contributed by atoms with Gasteiger partial charge in [0, 0.05) is 7.05 Å². The third-order valence-electron chi connectivity index (χ3n) is 2.64. The third-order valence-corrected chi connectivity index (χ3v) is 4.69. The van der Waals surface area contributed by atoms with Crippen LogP contribution in [0.3, 0.4) is 0 Å². The van der Waals surface area contributed by atoms with Gasteiger partial charge in [-0.25, -0.2) is 13.4 Å². The Morgan fingerprint density at radius 3 is 2.47 bits per heavy atom. The molecular weight excluding hydrogens is 270 g/mol. The fourth-order valence-corrected chi connectivity index (χ4v) is 3.15. The second-order valence-electron chi connectivity index (χ2n) is 4.25. The summed E-state index contributed by atoms with van der Waals surface area (Å²) in [4.78, 5) is 4.18. The number of H-pyrrole nitrogens is 1. The summed E-state index contributed by atoms with van der Waals surface area (Å²) >= 11 is 0. The lowest BCUT2D eigenvalue weighted by Gasteiger charge is -2.14. The SMILES string of the molecule is Cc1nc(CN(C)S(=O)(=O)c2c(C)noc2C)n[nH]1. The Bertz CT molecular complexity index is 668. The van der Waals surface area contributed by atoms with E-state index in [1.54, 1.807) is 20.8 Å². The van der Waals surface area contributed by atoms with Gasteiger partial charge in [-0.05, 0) is 20.8 Å². The topological polar surface area (TPSA) is 105 Å². The quantitative estimate of drug-likeness (QED) is 0.879. The molecule has 2 heterocycles. The summed E-state index contributed by atoms with van der Waals surface area (Å²) in [6.45, 7) is 4.99. The van der Waals surface area contributed by atoms with Crippen LogP contribution in [0.5, 0.6) is 0 Å². The molecule has 0 radical (unpaired) electrons. The molecule has 2 aromatic heterocycles. The molecule has 0 atom stereocenters. The van der Waals surface area contributed by atoms with Crippen molar-refractivity contribution < 1.29 is 12.9 Å². The fourth-order valence-electron chi connectivity index (χ4n) is 1.74. The van der Waals surface area contributed by atoms with E-state index in [0.29, 0.717) is 17.3 Å². The van der Waals surface area contributed by atoms with Crippen LogP contribution in [0, 0.1) is 20.8 Å². The highest BCUT2D eigenvalue weighted by Gasteiger charge is 2.29. The van der Waals surface area contributed by atoms with Crippen LogP contribution in [0.4, 0.5) is 0 Å². The predicted octanol–water partition coefficient (Wildman–Crippen LogP) is 0.539. The minimum absolute atomic E-state index is 0.0801. The molecule has 0 saturated heterocycles. The van der Waals surface area contributed by atoms with Crippen LogP contribution in [0.1, 0.15) is 23.1 Å². The zero-order valence-electron chi connectivity index (χ0n) is 11.1. The van der Waals surface area contributed by atoms with E-state index in [9.17, 15) is 8.42 Å². The van der Waals surface area contributed by atoms with Crippen molar-refractivity contribution in [1.82, 2.24) is 24.6 Å². The van der Waals surface area contributed by atoms with Crippen LogP contribution in [0.2, 0.25) is 0 Å². The van der Waals surface area contributed by atoms with Gasteiger partial charge in [0.1, 0.15) is 16.4 Å². The van der Waals surface area contributed by atoms with E-state index in [0.717, 1.165) is 0 Å². The van der Waals surface area contributed by atoms with Crippen molar-refractivity contribution in [3.63, 3.8) is 0 Å².